The maximum absolute atomic E-state index is 13.1. The summed E-state index contributed by atoms with van der Waals surface area (Å²) in [6, 6.07) is 0. The second kappa shape index (κ2) is 3.48. The first-order valence-corrected chi connectivity index (χ1v) is 3.89. The maximum atomic E-state index is 13.1. The van der Waals surface area contributed by atoms with Crippen LogP contribution in [0.4, 0.5) is 8.78 Å². The van der Waals surface area contributed by atoms with Gasteiger partial charge in [0.25, 0.3) is 5.92 Å². The van der Waals surface area contributed by atoms with Gasteiger partial charge in [-0.15, -0.1) is 0 Å². The van der Waals surface area contributed by atoms with E-state index in [1.807, 2.05) is 0 Å². The van der Waals surface area contributed by atoms with E-state index < -0.39 is 11.3 Å². The highest BCUT2D eigenvalue weighted by atomic mass is 19.3. The Labute approximate surface area is 67.0 Å². The molecule has 0 saturated carbocycles. The van der Waals surface area contributed by atoms with Crippen LogP contribution in [-0.2, 0) is 0 Å². The fourth-order valence-electron chi connectivity index (χ4n) is 0.699. The van der Waals surface area contributed by atoms with Gasteiger partial charge in [-0.25, -0.2) is 8.78 Å². The first kappa shape index (κ1) is 10.8. The summed E-state index contributed by atoms with van der Waals surface area (Å²) in [5.41, 5.74) is 4.20. The summed E-state index contributed by atoms with van der Waals surface area (Å²) in [5.74, 6) is -2.59. The smallest absolute Gasteiger partial charge is 0.252 e. The van der Waals surface area contributed by atoms with Gasteiger partial charge in [-0.2, -0.15) is 0 Å². The fraction of sp³-hybridized carbons (Fsp3) is 1.00. The van der Waals surface area contributed by atoms with Gasteiger partial charge >= 0.3 is 0 Å². The quantitative estimate of drug-likeness (QED) is 0.682. The molecule has 0 fully saturated rings. The first-order valence-electron chi connectivity index (χ1n) is 3.89. The van der Waals surface area contributed by atoms with Crippen molar-refractivity contribution in [3.8, 4) is 0 Å². The van der Waals surface area contributed by atoms with E-state index in [1.165, 1.54) is 0 Å². The van der Waals surface area contributed by atoms with Crippen LogP contribution in [-0.4, -0.2) is 12.5 Å². The van der Waals surface area contributed by atoms with Gasteiger partial charge in [0, 0.05) is 11.8 Å². The van der Waals surface area contributed by atoms with E-state index in [4.69, 9.17) is 5.73 Å². The molecule has 0 aliphatic carbocycles. The summed E-state index contributed by atoms with van der Waals surface area (Å²) in [5, 5.41) is 0. The monoisotopic (exact) mass is 165 g/mol. The zero-order chi connectivity index (χ0) is 9.12. The topological polar surface area (TPSA) is 26.0 Å². The summed E-state index contributed by atoms with van der Waals surface area (Å²) >= 11 is 0. The molecule has 0 saturated heterocycles. The highest BCUT2D eigenvalue weighted by Gasteiger charge is 2.41. The summed E-state index contributed by atoms with van der Waals surface area (Å²) in [4.78, 5) is 0. The van der Waals surface area contributed by atoms with Crippen molar-refractivity contribution in [1.29, 1.82) is 0 Å². The first-order chi connectivity index (χ1) is 4.81. The Morgan fingerprint density at radius 3 is 1.91 bits per heavy atom. The molecule has 11 heavy (non-hydrogen) atoms. The Morgan fingerprint density at radius 1 is 1.18 bits per heavy atom. The van der Waals surface area contributed by atoms with Crippen molar-refractivity contribution in [2.24, 2.45) is 11.1 Å². The number of hydrogen-bond donors (Lipinski definition) is 1. The van der Waals surface area contributed by atoms with Crippen molar-refractivity contribution < 1.29 is 8.78 Å². The largest absolute Gasteiger partial charge is 0.330 e. The minimum atomic E-state index is -2.59. The molecule has 0 amide bonds. The third-order valence-electron chi connectivity index (χ3n) is 1.79. The summed E-state index contributed by atoms with van der Waals surface area (Å²) in [6.07, 6.45) is 0.289. The van der Waals surface area contributed by atoms with Crippen molar-refractivity contribution in [2.45, 2.75) is 39.5 Å². The molecule has 0 radical (unpaired) electrons. The van der Waals surface area contributed by atoms with Crippen molar-refractivity contribution in [1.82, 2.24) is 0 Å². The molecule has 0 aliphatic rings. The summed E-state index contributed by atoms with van der Waals surface area (Å²) in [7, 11) is 0. The molecule has 0 bridgehead atoms. The Morgan fingerprint density at radius 2 is 1.64 bits per heavy atom. The molecule has 0 unspecified atom stereocenters. The molecular formula is C8H17F2N. The van der Waals surface area contributed by atoms with E-state index in [9.17, 15) is 8.78 Å². The Bertz CT molecular complexity index is 116. The van der Waals surface area contributed by atoms with Gasteiger partial charge in [0.2, 0.25) is 0 Å². The van der Waals surface area contributed by atoms with Crippen LogP contribution in [0.5, 0.6) is 0 Å². The number of halogens is 2. The van der Waals surface area contributed by atoms with Gasteiger partial charge in [0.05, 0.1) is 0 Å². The van der Waals surface area contributed by atoms with Crippen LogP contribution in [0.1, 0.15) is 33.6 Å². The number of hydrogen-bond acceptors (Lipinski definition) is 1. The molecule has 68 valence electrons. The normalized spacial score (nSPS) is 13.6. The van der Waals surface area contributed by atoms with Crippen molar-refractivity contribution in [3.63, 3.8) is 0 Å². The lowest BCUT2D eigenvalue weighted by atomic mass is 9.85. The molecule has 0 atom stereocenters. The standard InChI is InChI=1S/C8H17F2N/c1-7(2,3)8(9,10)5-4-6-11/h4-6,11H2,1-3H3. The third kappa shape index (κ3) is 3.14. The minimum Gasteiger partial charge on any atom is -0.330 e. The highest BCUT2D eigenvalue weighted by molar-refractivity contribution is 4.81. The van der Waals surface area contributed by atoms with Gasteiger partial charge < -0.3 is 5.73 Å². The molecule has 0 aliphatic heterocycles. The zero-order valence-corrected chi connectivity index (χ0v) is 7.45. The van der Waals surface area contributed by atoms with E-state index in [0.717, 1.165) is 0 Å². The van der Waals surface area contributed by atoms with Crippen LogP contribution in [0.3, 0.4) is 0 Å². The number of nitrogens with two attached hydrogens (primary N) is 1. The molecule has 1 nitrogen and oxygen atoms in total. The van der Waals surface area contributed by atoms with E-state index in [-0.39, 0.29) is 6.42 Å². The predicted molar refractivity (Wildman–Crippen MR) is 42.7 cm³/mol. The molecule has 2 N–H and O–H groups in total. The Kier molecular flexibility index (Phi) is 3.42. The van der Waals surface area contributed by atoms with Crippen LogP contribution < -0.4 is 5.73 Å². The second-order valence-electron chi connectivity index (χ2n) is 3.85. The van der Waals surface area contributed by atoms with Crippen molar-refractivity contribution >= 4 is 0 Å². The zero-order valence-electron chi connectivity index (χ0n) is 7.45. The molecule has 0 aromatic heterocycles. The van der Waals surface area contributed by atoms with Gasteiger partial charge in [-0.3, -0.25) is 0 Å². The minimum absolute atomic E-state index is 0.104. The molecular weight excluding hydrogens is 148 g/mol. The van der Waals surface area contributed by atoms with Crippen LogP contribution in [0.2, 0.25) is 0 Å². The molecule has 0 aromatic carbocycles. The third-order valence-corrected chi connectivity index (χ3v) is 1.79. The van der Waals surface area contributed by atoms with E-state index in [2.05, 4.69) is 0 Å². The summed E-state index contributed by atoms with van der Waals surface area (Å²) < 4.78 is 26.1. The number of alkyl halides is 2. The van der Waals surface area contributed by atoms with Crippen LogP contribution in [0.25, 0.3) is 0 Å². The lowest BCUT2D eigenvalue weighted by Gasteiger charge is -2.30. The lowest BCUT2D eigenvalue weighted by Crippen LogP contribution is -2.34. The molecule has 0 aromatic rings. The molecule has 0 heterocycles. The molecule has 3 heteroatoms. The van der Waals surface area contributed by atoms with E-state index in [1.54, 1.807) is 20.8 Å². The predicted octanol–water partition coefficient (Wildman–Crippen LogP) is 2.41. The number of rotatable bonds is 3. The van der Waals surface area contributed by atoms with Crippen molar-refractivity contribution in [3.05, 3.63) is 0 Å². The van der Waals surface area contributed by atoms with Crippen LogP contribution in [0.15, 0.2) is 0 Å². The van der Waals surface area contributed by atoms with E-state index in [0.29, 0.717) is 13.0 Å². The van der Waals surface area contributed by atoms with Gasteiger partial charge in [0.15, 0.2) is 0 Å². The van der Waals surface area contributed by atoms with Gasteiger partial charge in [-0.05, 0) is 13.0 Å². The molecule has 0 spiro atoms. The Hall–Kier alpha value is -0.180. The SMILES string of the molecule is CC(C)(C)C(F)(F)CCCN. The average Bonchev–Trinajstić information content (AvgIpc) is 1.81. The fourth-order valence-corrected chi connectivity index (χ4v) is 0.699. The summed E-state index contributed by atoms with van der Waals surface area (Å²) in [6.45, 7) is 4.97. The van der Waals surface area contributed by atoms with Crippen LogP contribution >= 0.6 is 0 Å². The highest BCUT2D eigenvalue weighted by Crippen LogP contribution is 2.38. The van der Waals surface area contributed by atoms with Gasteiger partial charge in [-0.1, -0.05) is 20.8 Å². The Balaban J connectivity index is 4.00. The molecule has 0 rings (SSSR count). The second-order valence-corrected chi connectivity index (χ2v) is 3.85. The van der Waals surface area contributed by atoms with Crippen molar-refractivity contribution in [2.75, 3.05) is 6.54 Å². The lowest BCUT2D eigenvalue weighted by molar-refractivity contribution is -0.103. The van der Waals surface area contributed by atoms with E-state index >= 15 is 0 Å². The van der Waals surface area contributed by atoms with Crippen LogP contribution in [0, 0.1) is 5.41 Å². The average molecular weight is 165 g/mol. The van der Waals surface area contributed by atoms with Gasteiger partial charge in [0.1, 0.15) is 0 Å². The maximum Gasteiger partial charge on any atom is 0.252 e.